The first kappa shape index (κ1) is 12.5. The number of hydrogen-bond acceptors (Lipinski definition) is 5. The molecule has 0 N–H and O–H groups in total. The second-order valence-corrected chi connectivity index (χ2v) is 4.26. The van der Waals surface area contributed by atoms with Crippen LogP contribution in [0.1, 0.15) is 25.8 Å². The predicted molar refractivity (Wildman–Crippen MR) is 61.5 cm³/mol. The lowest BCUT2D eigenvalue weighted by Gasteiger charge is -2.25. The van der Waals surface area contributed by atoms with Gasteiger partial charge in [0.15, 0.2) is 0 Å². The number of esters is 1. The molecule has 7 nitrogen and oxygen atoms in total. The first-order chi connectivity index (χ1) is 8.65. The van der Waals surface area contributed by atoms with E-state index < -0.39 is 12.1 Å². The van der Waals surface area contributed by atoms with Gasteiger partial charge >= 0.3 is 5.97 Å². The normalized spacial score (nSPS) is 20.8. The van der Waals surface area contributed by atoms with Crippen LogP contribution in [0.3, 0.4) is 0 Å². The molecular weight excluding hydrogens is 236 g/mol. The molecule has 1 aliphatic rings. The van der Waals surface area contributed by atoms with Crippen LogP contribution in [0.15, 0.2) is 12.7 Å². The number of rotatable bonds is 3. The Hall–Kier alpha value is -1.92. The molecule has 0 aliphatic carbocycles. The number of methoxy groups -OCH3 is 1. The van der Waals surface area contributed by atoms with Crippen LogP contribution in [0.25, 0.3) is 0 Å². The van der Waals surface area contributed by atoms with Crippen molar-refractivity contribution < 1.29 is 14.3 Å². The Morgan fingerprint density at radius 1 is 1.50 bits per heavy atom. The first-order valence-electron chi connectivity index (χ1n) is 5.87. The fourth-order valence-electron chi connectivity index (χ4n) is 2.18. The Labute approximate surface area is 105 Å². The van der Waals surface area contributed by atoms with E-state index in [1.165, 1.54) is 24.4 Å². The molecule has 7 heteroatoms. The van der Waals surface area contributed by atoms with Crippen molar-refractivity contribution in [3.63, 3.8) is 0 Å². The van der Waals surface area contributed by atoms with Crippen molar-refractivity contribution in [1.82, 2.24) is 19.7 Å². The van der Waals surface area contributed by atoms with Gasteiger partial charge in [-0.15, -0.1) is 0 Å². The largest absolute Gasteiger partial charge is 0.467 e. The summed E-state index contributed by atoms with van der Waals surface area (Å²) in [7, 11) is 1.34. The molecule has 0 saturated carbocycles. The number of carbonyl (C=O) groups is 2. The van der Waals surface area contributed by atoms with Crippen molar-refractivity contribution in [2.45, 2.75) is 31.8 Å². The molecule has 2 atom stereocenters. The fourth-order valence-corrected chi connectivity index (χ4v) is 2.18. The Morgan fingerprint density at radius 3 is 2.89 bits per heavy atom. The average Bonchev–Trinajstić information content (AvgIpc) is 3.06. The first-order valence-corrected chi connectivity index (χ1v) is 5.87. The van der Waals surface area contributed by atoms with Crippen LogP contribution in [0.2, 0.25) is 0 Å². The molecule has 2 rings (SSSR count). The van der Waals surface area contributed by atoms with Crippen LogP contribution in [-0.2, 0) is 14.3 Å². The van der Waals surface area contributed by atoms with Gasteiger partial charge in [-0.25, -0.2) is 14.5 Å². The van der Waals surface area contributed by atoms with Crippen molar-refractivity contribution in [2.24, 2.45) is 0 Å². The number of likely N-dealkylation sites (tertiary alicyclic amines) is 1. The van der Waals surface area contributed by atoms with Gasteiger partial charge in [0.1, 0.15) is 24.7 Å². The van der Waals surface area contributed by atoms with E-state index in [4.69, 9.17) is 4.74 Å². The summed E-state index contributed by atoms with van der Waals surface area (Å²) in [5, 5.41) is 3.94. The van der Waals surface area contributed by atoms with Gasteiger partial charge in [-0.3, -0.25) is 4.79 Å². The standard InChI is InChI=1S/C11H16N4O3/c1-8(15-7-12-6-13-15)10(16)14-5-3-4-9(14)11(17)18-2/h6-9H,3-5H2,1-2H3/t8-,9+/m1/s1. The summed E-state index contributed by atoms with van der Waals surface area (Å²) in [6, 6.07) is -0.925. The molecule has 2 heterocycles. The van der Waals surface area contributed by atoms with E-state index in [-0.39, 0.29) is 11.9 Å². The zero-order valence-electron chi connectivity index (χ0n) is 10.4. The van der Waals surface area contributed by atoms with E-state index in [1.807, 2.05) is 0 Å². The molecule has 1 saturated heterocycles. The molecule has 1 aromatic heterocycles. The Morgan fingerprint density at radius 2 is 2.28 bits per heavy atom. The molecule has 18 heavy (non-hydrogen) atoms. The van der Waals surface area contributed by atoms with Crippen molar-refractivity contribution >= 4 is 11.9 Å². The summed E-state index contributed by atoms with van der Waals surface area (Å²) in [6.45, 7) is 2.32. The van der Waals surface area contributed by atoms with Crippen LogP contribution in [-0.4, -0.2) is 51.2 Å². The number of amides is 1. The zero-order valence-corrected chi connectivity index (χ0v) is 10.4. The van der Waals surface area contributed by atoms with Gasteiger partial charge in [0.25, 0.3) is 0 Å². The van der Waals surface area contributed by atoms with Gasteiger partial charge in [-0.2, -0.15) is 5.10 Å². The maximum absolute atomic E-state index is 12.3. The third kappa shape index (κ3) is 2.20. The second kappa shape index (κ2) is 5.16. The topological polar surface area (TPSA) is 77.3 Å². The molecule has 1 aromatic rings. The van der Waals surface area contributed by atoms with E-state index in [9.17, 15) is 9.59 Å². The Bertz CT molecular complexity index is 432. The SMILES string of the molecule is COC(=O)[C@@H]1CCCN1C(=O)[C@@H](C)n1cncn1. The van der Waals surface area contributed by atoms with E-state index in [1.54, 1.807) is 11.8 Å². The third-order valence-corrected chi connectivity index (χ3v) is 3.20. The predicted octanol–water partition coefficient (Wildman–Crippen LogP) is 0.00310. The zero-order chi connectivity index (χ0) is 13.1. The van der Waals surface area contributed by atoms with E-state index in [0.717, 1.165) is 6.42 Å². The summed E-state index contributed by atoms with van der Waals surface area (Å²) < 4.78 is 6.20. The molecule has 0 aromatic carbocycles. The number of carbonyl (C=O) groups excluding carboxylic acids is 2. The monoisotopic (exact) mass is 252 g/mol. The van der Waals surface area contributed by atoms with Crippen LogP contribution in [0.5, 0.6) is 0 Å². The minimum Gasteiger partial charge on any atom is -0.467 e. The highest BCUT2D eigenvalue weighted by molar-refractivity contribution is 5.87. The summed E-state index contributed by atoms with van der Waals surface area (Å²) >= 11 is 0. The second-order valence-electron chi connectivity index (χ2n) is 4.26. The maximum atomic E-state index is 12.3. The van der Waals surface area contributed by atoms with Crippen LogP contribution >= 0.6 is 0 Å². The molecule has 1 aliphatic heterocycles. The minimum absolute atomic E-state index is 0.131. The Kier molecular flexibility index (Phi) is 3.59. The highest BCUT2D eigenvalue weighted by Crippen LogP contribution is 2.22. The van der Waals surface area contributed by atoms with Crippen LogP contribution < -0.4 is 0 Å². The summed E-state index contributed by atoms with van der Waals surface area (Å²) in [6.07, 6.45) is 4.34. The van der Waals surface area contributed by atoms with Gasteiger partial charge in [-0.05, 0) is 19.8 Å². The molecular formula is C11H16N4O3. The summed E-state index contributed by atoms with van der Waals surface area (Å²) in [5.41, 5.74) is 0. The van der Waals surface area contributed by atoms with E-state index >= 15 is 0 Å². The molecule has 0 unspecified atom stereocenters. The van der Waals surface area contributed by atoms with Gasteiger partial charge in [0.05, 0.1) is 7.11 Å². The van der Waals surface area contributed by atoms with Crippen LogP contribution in [0.4, 0.5) is 0 Å². The molecule has 0 bridgehead atoms. The number of ether oxygens (including phenoxy) is 1. The molecule has 0 spiro atoms. The number of hydrogen-bond donors (Lipinski definition) is 0. The minimum atomic E-state index is -0.464. The average molecular weight is 252 g/mol. The lowest BCUT2D eigenvalue weighted by molar-refractivity contribution is -0.152. The maximum Gasteiger partial charge on any atom is 0.328 e. The highest BCUT2D eigenvalue weighted by atomic mass is 16.5. The smallest absolute Gasteiger partial charge is 0.328 e. The molecule has 1 amide bonds. The van der Waals surface area contributed by atoms with Crippen molar-refractivity contribution in [1.29, 1.82) is 0 Å². The Balaban J connectivity index is 2.11. The lowest BCUT2D eigenvalue weighted by atomic mass is 10.2. The van der Waals surface area contributed by atoms with Crippen LogP contribution in [0, 0.1) is 0 Å². The summed E-state index contributed by atoms with van der Waals surface area (Å²) in [5.74, 6) is -0.486. The molecule has 98 valence electrons. The third-order valence-electron chi connectivity index (χ3n) is 3.20. The molecule has 1 fully saturated rings. The lowest BCUT2D eigenvalue weighted by Crippen LogP contribution is -2.44. The highest BCUT2D eigenvalue weighted by Gasteiger charge is 2.37. The van der Waals surface area contributed by atoms with Gasteiger partial charge in [0, 0.05) is 6.54 Å². The summed E-state index contributed by atoms with van der Waals surface area (Å²) in [4.78, 5) is 29.3. The number of aromatic nitrogens is 3. The van der Waals surface area contributed by atoms with Crippen molar-refractivity contribution in [2.75, 3.05) is 13.7 Å². The van der Waals surface area contributed by atoms with E-state index in [2.05, 4.69) is 10.1 Å². The number of nitrogens with zero attached hydrogens (tertiary/aromatic N) is 4. The van der Waals surface area contributed by atoms with E-state index in [0.29, 0.717) is 13.0 Å². The van der Waals surface area contributed by atoms with Gasteiger partial charge in [-0.1, -0.05) is 0 Å². The van der Waals surface area contributed by atoms with Crippen molar-refractivity contribution in [3.05, 3.63) is 12.7 Å². The fraction of sp³-hybridized carbons (Fsp3) is 0.636. The molecule has 0 radical (unpaired) electrons. The van der Waals surface area contributed by atoms with Gasteiger partial charge in [0.2, 0.25) is 5.91 Å². The van der Waals surface area contributed by atoms with Gasteiger partial charge < -0.3 is 9.64 Å². The van der Waals surface area contributed by atoms with Crippen molar-refractivity contribution in [3.8, 4) is 0 Å². The quantitative estimate of drug-likeness (QED) is 0.708.